The van der Waals surface area contributed by atoms with Crippen LogP contribution >= 0.6 is 11.3 Å². The summed E-state index contributed by atoms with van der Waals surface area (Å²) in [6, 6.07) is 15.8. The van der Waals surface area contributed by atoms with Crippen molar-refractivity contribution in [1.29, 1.82) is 0 Å². The second-order valence-electron chi connectivity index (χ2n) is 6.05. The Morgan fingerprint density at radius 1 is 1.25 bits per heavy atom. The van der Waals surface area contributed by atoms with Crippen LogP contribution in [0.2, 0.25) is 0 Å². The van der Waals surface area contributed by atoms with Gasteiger partial charge in [-0.25, -0.2) is 4.98 Å². The first kappa shape index (κ1) is 15.1. The Labute approximate surface area is 144 Å². The molecular weight excluding hydrogens is 320 g/mol. The summed E-state index contributed by atoms with van der Waals surface area (Å²) in [5.74, 6) is 0.732. The standard InChI is InChI=1S/C19H18N2O2S/c1-13-5-4-8-18(20-13)23-15-9-10-21(12-15)19(22)17-11-14-6-2-3-7-16(14)24-17/h2-8,11,15H,9-10,12H2,1H3. The maximum atomic E-state index is 12.7. The van der Waals surface area contributed by atoms with Crippen LogP contribution < -0.4 is 4.74 Å². The number of nitrogens with zero attached hydrogens (tertiary/aromatic N) is 2. The van der Waals surface area contributed by atoms with E-state index < -0.39 is 0 Å². The van der Waals surface area contributed by atoms with E-state index in [1.54, 1.807) is 11.3 Å². The number of carbonyl (C=O) groups is 1. The Bertz CT molecular complexity index is 857. The van der Waals surface area contributed by atoms with E-state index in [9.17, 15) is 4.79 Å². The molecule has 2 aromatic heterocycles. The van der Waals surface area contributed by atoms with Gasteiger partial charge in [0.05, 0.1) is 11.4 Å². The average molecular weight is 338 g/mol. The number of benzene rings is 1. The molecular formula is C19H18N2O2S. The van der Waals surface area contributed by atoms with Crippen molar-refractivity contribution in [3.8, 4) is 5.88 Å². The smallest absolute Gasteiger partial charge is 0.264 e. The number of ether oxygens (including phenoxy) is 1. The van der Waals surface area contributed by atoms with Gasteiger partial charge in [0.1, 0.15) is 6.10 Å². The number of amides is 1. The van der Waals surface area contributed by atoms with Gasteiger partial charge < -0.3 is 9.64 Å². The monoisotopic (exact) mass is 338 g/mol. The first-order valence-electron chi connectivity index (χ1n) is 8.07. The molecule has 1 aromatic carbocycles. The number of likely N-dealkylation sites (tertiary alicyclic amines) is 1. The van der Waals surface area contributed by atoms with Crippen LogP contribution in [-0.4, -0.2) is 35.0 Å². The lowest BCUT2D eigenvalue weighted by molar-refractivity contribution is 0.0776. The lowest BCUT2D eigenvalue weighted by Gasteiger charge is -2.16. The predicted octanol–water partition coefficient (Wildman–Crippen LogP) is 3.90. The summed E-state index contributed by atoms with van der Waals surface area (Å²) in [7, 11) is 0. The van der Waals surface area contributed by atoms with Crippen LogP contribution in [0.1, 0.15) is 21.8 Å². The number of thiophene rings is 1. The zero-order valence-electron chi connectivity index (χ0n) is 13.4. The minimum Gasteiger partial charge on any atom is -0.472 e. The second-order valence-corrected chi connectivity index (χ2v) is 7.13. The van der Waals surface area contributed by atoms with Crippen molar-refractivity contribution in [3.05, 3.63) is 59.1 Å². The van der Waals surface area contributed by atoms with E-state index in [2.05, 4.69) is 11.1 Å². The molecule has 5 heteroatoms. The quantitative estimate of drug-likeness (QED) is 0.727. The summed E-state index contributed by atoms with van der Waals surface area (Å²) < 4.78 is 7.08. The molecule has 122 valence electrons. The number of rotatable bonds is 3. The zero-order chi connectivity index (χ0) is 16.5. The second kappa shape index (κ2) is 6.24. The minimum atomic E-state index is 0.0117. The lowest BCUT2D eigenvalue weighted by atomic mass is 10.2. The molecule has 1 fully saturated rings. The topological polar surface area (TPSA) is 42.4 Å². The lowest BCUT2D eigenvalue weighted by Crippen LogP contribution is -2.30. The molecule has 0 N–H and O–H groups in total. The van der Waals surface area contributed by atoms with Crippen LogP contribution in [-0.2, 0) is 0 Å². The first-order chi connectivity index (χ1) is 11.7. The van der Waals surface area contributed by atoms with Crippen LogP contribution in [0.25, 0.3) is 10.1 Å². The SMILES string of the molecule is Cc1cccc(OC2CCN(C(=O)c3cc4ccccc4s3)C2)n1. The van der Waals surface area contributed by atoms with Gasteiger partial charge in [0.25, 0.3) is 5.91 Å². The average Bonchev–Trinajstić information content (AvgIpc) is 3.20. The third-order valence-corrected chi connectivity index (χ3v) is 5.32. The number of pyridine rings is 1. The Morgan fingerprint density at radius 2 is 2.12 bits per heavy atom. The van der Waals surface area contributed by atoms with Crippen molar-refractivity contribution in [3.63, 3.8) is 0 Å². The molecule has 24 heavy (non-hydrogen) atoms. The van der Waals surface area contributed by atoms with E-state index >= 15 is 0 Å². The highest BCUT2D eigenvalue weighted by molar-refractivity contribution is 7.20. The third kappa shape index (κ3) is 2.99. The summed E-state index contributed by atoms with van der Waals surface area (Å²) in [5, 5.41) is 1.13. The number of hydrogen-bond acceptors (Lipinski definition) is 4. The van der Waals surface area contributed by atoms with Crippen molar-refractivity contribution in [2.24, 2.45) is 0 Å². The molecule has 1 saturated heterocycles. The van der Waals surface area contributed by atoms with Crippen molar-refractivity contribution in [2.75, 3.05) is 13.1 Å². The molecule has 0 saturated carbocycles. The van der Waals surface area contributed by atoms with Gasteiger partial charge in [-0.15, -0.1) is 11.3 Å². The Balaban J connectivity index is 1.45. The fraction of sp³-hybridized carbons (Fsp3) is 0.263. The van der Waals surface area contributed by atoms with E-state index in [1.807, 2.05) is 54.3 Å². The van der Waals surface area contributed by atoms with E-state index in [0.29, 0.717) is 12.4 Å². The summed E-state index contributed by atoms with van der Waals surface area (Å²) in [6.45, 7) is 3.28. The molecule has 3 aromatic rings. The molecule has 1 aliphatic rings. The van der Waals surface area contributed by atoms with Crippen molar-refractivity contribution < 1.29 is 9.53 Å². The highest BCUT2D eigenvalue weighted by Crippen LogP contribution is 2.27. The van der Waals surface area contributed by atoms with Crippen molar-refractivity contribution in [2.45, 2.75) is 19.4 Å². The van der Waals surface area contributed by atoms with Crippen LogP contribution in [0, 0.1) is 6.92 Å². The van der Waals surface area contributed by atoms with E-state index in [4.69, 9.17) is 4.74 Å². The highest BCUT2D eigenvalue weighted by atomic mass is 32.1. The fourth-order valence-electron chi connectivity index (χ4n) is 3.01. The maximum absolute atomic E-state index is 12.7. The number of fused-ring (bicyclic) bond motifs is 1. The Kier molecular flexibility index (Phi) is 3.94. The van der Waals surface area contributed by atoms with Gasteiger partial charge in [-0.1, -0.05) is 24.3 Å². The van der Waals surface area contributed by atoms with Gasteiger partial charge in [0.15, 0.2) is 0 Å². The van der Waals surface area contributed by atoms with Crippen LogP contribution in [0.15, 0.2) is 48.5 Å². The summed E-state index contributed by atoms with van der Waals surface area (Å²) in [4.78, 5) is 19.8. The first-order valence-corrected chi connectivity index (χ1v) is 8.89. The Hall–Kier alpha value is -2.40. The van der Waals surface area contributed by atoms with E-state index in [1.165, 1.54) is 0 Å². The van der Waals surface area contributed by atoms with Gasteiger partial charge in [-0.2, -0.15) is 0 Å². The molecule has 0 radical (unpaired) electrons. The van der Waals surface area contributed by atoms with Gasteiger partial charge >= 0.3 is 0 Å². The summed E-state index contributed by atoms with van der Waals surface area (Å²) >= 11 is 1.56. The molecule has 1 amide bonds. The van der Waals surface area contributed by atoms with Gasteiger partial charge in [0.2, 0.25) is 5.88 Å². The summed E-state index contributed by atoms with van der Waals surface area (Å²) in [6.07, 6.45) is 0.851. The fourth-order valence-corrected chi connectivity index (χ4v) is 4.04. The molecule has 3 heterocycles. The molecule has 1 unspecified atom stereocenters. The number of carbonyl (C=O) groups excluding carboxylic acids is 1. The predicted molar refractivity (Wildman–Crippen MR) is 95.7 cm³/mol. The van der Waals surface area contributed by atoms with Crippen molar-refractivity contribution in [1.82, 2.24) is 9.88 Å². The largest absolute Gasteiger partial charge is 0.472 e. The molecule has 4 nitrogen and oxygen atoms in total. The third-order valence-electron chi connectivity index (χ3n) is 4.22. The van der Waals surface area contributed by atoms with Gasteiger partial charge in [-0.3, -0.25) is 4.79 Å². The summed E-state index contributed by atoms with van der Waals surface area (Å²) in [5.41, 5.74) is 0.934. The van der Waals surface area contributed by atoms with Crippen LogP contribution in [0.5, 0.6) is 5.88 Å². The normalized spacial score (nSPS) is 17.4. The molecule has 0 bridgehead atoms. The number of aryl methyl sites for hydroxylation is 1. The molecule has 1 atom stereocenters. The number of aromatic nitrogens is 1. The van der Waals surface area contributed by atoms with E-state index in [-0.39, 0.29) is 12.0 Å². The van der Waals surface area contributed by atoms with Gasteiger partial charge in [-0.05, 0) is 30.5 Å². The molecule has 1 aliphatic heterocycles. The highest BCUT2D eigenvalue weighted by Gasteiger charge is 2.29. The Morgan fingerprint density at radius 3 is 2.96 bits per heavy atom. The van der Waals surface area contributed by atoms with Crippen LogP contribution in [0.4, 0.5) is 0 Å². The zero-order valence-corrected chi connectivity index (χ0v) is 14.3. The minimum absolute atomic E-state index is 0.0117. The van der Waals surface area contributed by atoms with Crippen molar-refractivity contribution >= 4 is 27.3 Å². The molecule has 0 aliphatic carbocycles. The van der Waals surface area contributed by atoms with E-state index in [0.717, 1.165) is 33.6 Å². The molecule has 0 spiro atoms. The van der Waals surface area contributed by atoms with Crippen LogP contribution in [0.3, 0.4) is 0 Å². The number of hydrogen-bond donors (Lipinski definition) is 0. The van der Waals surface area contributed by atoms with Gasteiger partial charge in [0, 0.05) is 29.4 Å². The maximum Gasteiger partial charge on any atom is 0.264 e. The molecule has 4 rings (SSSR count).